The molecule has 1 heterocycles. The molecule has 0 radical (unpaired) electrons. The highest BCUT2D eigenvalue weighted by molar-refractivity contribution is 9.10. The molecule has 0 spiro atoms. The van der Waals surface area contributed by atoms with Crippen LogP contribution in [0.3, 0.4) is 0 Å². The van der Waals surface area contributed by atoms with Gasteiger partial charge in [-0.3, -0.25) is 4.68 Å². The first-order valence-electron chi connectivity index (χ1n) is 5.93. The summed E-state index contributed by atoms with van der Waals surface area (Å²) >= 11 is 3.60. The summed E-state index contributed by atoms with van der Waals surface area (Å²) in [6, 6.07) is 0. The van der Waals surface area contributed by atoms with E-state index in [-0.39, 0.29) is 0 Å². The molecule has 4 nitrogen and oxygen atoms in total. The topological polar surface area (TPSA) is 39.1 Å². The second-order valence-electron chi connectivity index (χ2n) is 4.48. The van der Waals surface area contributed by atoms with Crippen molar-refractivity contribution in [3.8, 4) is 0 Å². The molecule has 0 saturated carbocycles. The van der Waals surface area contributed by atoms with Gasteiger partial charge in [-0.15, -0.1) is 0 Å². The minimum Gasteiger partial charge on any atom is -0.383 e. The third-order valence-corrected chi connectivity index (χ3v) is 3.81. The van der Waals surface area contributed by atoms with Crippen molar-refractivity contribution < 1.29 is 4.74 Å². The number of halogens is 1. The lowest BCUT2D eigenvalue weighted by Gasteiger charge is -2.13. The average Bonchev–Trinajstić information content (AvgIpc) is 2.52. The van der Waals surface area contributed by atoms with Crippen molar-refractivity contribution in [1.82, 2.24) is 15.1 Å². The van der Waals surface area contributed by atoms with E-state index in [0.717, 1.165) is 36.3 Å². The third-order valence-electron chi connectivity index (χ3n) is 2.78. The molecule has 0 saturated heterocycles. The maximum absolute atomic E-state index is 5.00. The molecule has 98 valence electrons. The quantitative estimate of drug-likeness (QED) is 0.782. The summed E-state index contributed by atoms with van der Waals surface area (Å²) in [5.74, 6) is 0.581. The van der Waals surface area contributed by atoms with Gasteiger partial charge >= 0.3 is 0 Å². The predicted octanol–water partition coefficient (Wildman–Crippen LogP) is 1.91. The Morgan fingerprint density at radius 1 is 1.53 bits per heavy atom. The number of aryl methyl sites for hydroxylation is 2. The zero-order valence-electron chi connectivity index (χ0n) is 11.1. The smallest absolute Gasteiger partial charge is 0.0738 e. The van der Waals surface area contributed by atoms with Gasteiger partial charge < -0.3 is 10.1 Å². The minimum atomic E-state index is 0.581. The van der Waals surface area contributed by atoms with Crippen molar-refractivity contribution in [3.05, 3.63) is 15.9 Å². The van der Waals surface area contributed by atoms with Crippen molar-refractivity contribution in [2.45, 2.75) is 20.3 Å². The van der Waals surface area contributed by atoms with E-state index in [1.165, 1.54) is 5.69 Å². The number of rotatable bonds is 7. The normalized spacial score (nSPS) is 13.0. The van der Waals surface area contributed by atoms with Gasteiger partial charge in [-0.05, 0) is 41.7 Å². The molecular weight excluding hydrogens is 282 g/mol. The molecule has 0 bridgehead atoms. The SMILES string of the molecule is COCCNCC(C)Cc1c(Br)c(C)nn1C. The zero-order valence-corrected chi connectivity index (χ0v) is 12.7. The minimum absolute atomic E-state index is 0.581. The van der Waals surface area contributed by atoms with Crippen molar-refractivity contribution in [1.29, 1.82) is 0 Å². The second-order valence-corrected chi connectivity index (χ2v) is 5.27. The van der Waals surface area contributed by atoms with Gasteiger partial charge in [0.1, 0.15) is 0 Å². The summed E-state index contributed by atoms with van der Waals surface area (Å²) in [6.45, 7) is 6.94. The van der Waals surface area contributed by atoms with E-state index in [4.69, 9.17) is 4.74 Å². The molecular formula is C12H22BrN3O. The van der Waals surface area contributed by atoms with Crippen molar-refractivity contribution >= 4 is 15.9 Å². The number of methoxy groups -OCH3 is 1. The van der Waals surface area contributed by atoms with E-state index in [1.54, 1.807) is 7.11 Å². The fraction of sp³-hybridized carbons (Fsp3) is 0.750. The Labute approximate surface area is 112 Å². The lowest BCUT2D eigenvalue weighted by Crippen LogP contribution is -2.26. The van der Waals surface area contributed by atoms with Gasteiger partial charge in [0.25, 0.3) is 0 Å². The van der Waals surface area contributed by atoms with Crippen LogP contribution in [0, 0.1) is 12.8 Å². The first-order valence-corrected chi connectivity index (χ1v) is 6.73. The van der Waals surface area contributed by atoms with E-state index in [9.17, 15) is 0 Å². The van der Waals surface area contributed by atoms with Crippen LogP contribution in [-0.4, -0.2) is 36.6 Å². The fourth-order valence-electron chi connectivity index (χ4n) is 1.83. The number of nitrogens with one attached hydrogen (secondary N) is 1. The Kier molecular flexibility index (Phi) is 6.16. The molecule has 1 atom stereocenters. The molecule has 1 rings (SSSR count). The highest BCUT2D eigenvalue weighted by Gasteiger charge is 2.13. The highest BCUT2D eigenvalue weighted by Crippen LogP contribution is 2.22. The van der Waals surface area contributed by atoms with Gasteiger partial charge in [-0.2, -0.15) is 5.10 Å². The van der Waals surface area contributed by atoms with E-state index in [0.29, 0.717) is 5.92 Å². The van der Waals surface area contributed by atoms with Gasteiger partial charge in [0.15, 0.2) is 0 Å². The van der Waals surface area contributed by atoms with Crippen LogP contribution in [0.1, 0.15) is 18.3 Å². The first kappa shape index (κ1) is 14.7. The number of hydrogen-bond donors (Lipinski definition) is 1. The highest BCUT2D eigenvalue weighted by atomic mass is 79.9. The van der Waals surface area contributed by atoms with E-state index in [2.05, 4.69) is 33.3 Å². The predicted molar refractivity (Wildman–Crippen MR) is 73.3 cm³/mol. The fourth-order valence-corrected chi connectivity index (χ4v) is 2.32. The summed E-state index contributed by atoms with van der Waals surface area (Å²) < 4.78 is 8.11. The summed E-state index contributed by atoms with van der Waals surface area (Å²) in [5, 5.41) is 7.78. The summed E-state index contributed by atoms with van der Waals surface area (Å²) in [6.07, 6.45) is 1.03. The Balaban J connectivity index is 2.42. The number of aromatic nitrogens is 2. The van der Waals surface area contributed by atoms with E-state index < -0.39 is 0 Å². The van der Waals surface area contributed by atoms with Gasteiger partial charge in [0.05, 0.1) is 22.5 Å². The molecule has 0 fully saturated rings. The molecule has 17 heavy (non-hydrogen) atoms. The van der Waals surface area contributed by atoms with E-state index in [1.807, 2.05) is 18.7 Å². The van der Waals surface area contributed by atoms with Crippen LogP contribution in [-0.2, 0) is 18.2 Å². The number of ether oxygens (including phenoxy) is 1. The van der Waals surface area contributed by atoms with E-state index >= 15 is 0 Å². The maximum atomic E-state index is 5.00. The van der Waals surface area contributed by atoms with Crippen LogP contribution in [0.25, 0.3) is 0 Å². The molecule has 1 N–H and O–H groups in total. The van der Waals surface area contributed by atoms with Gasteiger partial charge in [-0.1, -0.05) is 6.92 Å². The largest absolute Gasteiger partial charge is 0.383 e. The number of hydrogen-bond acceptors (Lipinski definition) is 3. The van der Waals surface area contributed by atoms with Gasteiger partial charge in [-0.25, -0.2) is 0 Å². The number of nitrogens with zero attached hydrogens (tertiary/aromatic N) is 2. The molecule has 0 aliphatic rings. The van der Waals surface area contributed by atoms with Crippen LogP contribution >= 0.6 is 15.9 Å². The summed E-state index contributed by atoms with van der Waals surface area (Å²) in [5.41, 5.74) is 2.32. The first-order chi connectivity index (χ1) is 8.06. The standard InChI is InChI=1S/C12H22BrN3O/c1-9(8-14-5-6-17-4)7-11-12(13)10(2)15-16(11)3/h9,14H,5-8H2,1-4H3. The van der Waals surface area contributed by atoms with Crippen molar-refractivity contribution in [2.24, 2.45) is 13.0 Å². The van der Waals surface area contributed by atoms with Crippen LogP contribution in [0.15, 0.2) is 4.47 Å². The Bertz CT molecular complexity index is 352. The zero-order chi connectivity index (χ0) is 12.8. The molecule has 0 aromatic carbocycles. The van der Waals surface area contributed by atoms with Crippen LogP contribution < -0.4 is 5.32 Å². The molecule has 0 aliphatic carbocycles. The monoisotopic (exact) mass is 303 g/mol. The van der Waals surface area contributed by atoms with Gasteiger partial charge in [0.2, 0.25) is 0 Å². The lowest BCUT2D eigenvalue weighted by atomic mass is 10.1. The molecule has 0 amide bonds. The Hall–Kier alpha value is -0.390. The summed E-state index contributed by atoms with van der Waals surface area (Å²) in [4.78, 5) is 0. The van der Waals surface area contributed by atoms with Crippen LogP contribution in [0.5, 0.6) is 0 Å². The molecule has 1 aromatic heterocycles. The third kappa shape index (κ3) is 4.41. The van der Waals surface area contributed by atoms with Gasteiger partial charge in [0, 0.05) is 20.7 Å². The molecule has 0 aliphatic heterocycles. The van der Waals surface area contributed by atoms with Crippen molar-refractivity contribution in [2.75, 3.05) is 26.8 Å². The van der Waals surface area contributed by atoms with Crippen LogP contribution in [0.2, 0.25) is 0 Å². The maximum Gasteiger partial charge on any atom is 0.0738 e. The Morgan fingerprint density at radius 3 is 2.76 bits per heavy atom. The molecule has 1 unspecified atom stereocenters. The van der Waals surface area contributed by atoms with Crippen LogP contribution in [0.4, 0.5) is 0 Å². The lowest BCUT2D eigenvalue weighted by molar-refractivity contribution is 0.198. The van der Waals surface area contributed by atoms with Crippen molar-refractivity contribution in [3.63, 3.8) is 0 Å². The molecule has 5 heteroatoms. The molecule has 1 aromatic rings. The Morgan fingerprint density at radius 2 is 2.24 bits per heavy atom. The average molecular weight is 304 g/mol. The second kappa shape index (κ2) is 7.13. The summed E-state index contributed by atoms with van der Waals surface area (Å²) in [7, 11) is 3.72.